The molecule has 9 nitrogen and oxygen atoms in total. The van der Waals surface area contributed by atoms with Crippen molar-refractivity contribution < 1.29 is 19.0 Å². The Hall–Kier alpha value is -4.53. The molecule has 0 radical (unpaired) electrons. The molecule has 2 aromatic heterocycles. The first-order chi connectivity index (χ1) is 17.5. The Bertz CT molecular complexity index is 1690. The molecule has 1 aliphatic rings. The van der Waals surface area contributed by atoms with Crippen LogP contribution in [0.4, 0.5) is 0 Å². The number of imidazole rings is 1. The van der Waals surface area contributed by atoms with Gasteiger partial charge >= 0.3 is 5.97 Å². The number of benzene rings is 2. The maximum Gasteiger partial charge on any atom is 0.338 e. The smallest absolute Gasteiger partial charge is 0.338 e. The molecule has 36 heavy (non-hydrogen) atoms. The summed E-state index contributed by atoms with van der Waals surface area (Å²) in [4.78, 5) is 37.8. The van der Waals surface area contributed by atoms with Gasteiger partial charge in [0.2, 0.25) is 5.62 Å². The molecule has 2 N–H and O–H groups in total. The molecule has 1 aliphatic heterocycles. The lowest BCUT2D eigenvalue weighted by Gasteiger charge is -2.26. The Morgan fingerprint density at radius 3 is 2.72 bits per heavy atom. The summed E-state index contributed by atoms with van der Waals surface area (Å²) in [5.41, 5.74) is 3.17. The molecule has 9 heteroatoms. The number of esters is 1. The molecule has 0 amide bonds. The minimum Gasteiger partial charge on any atom is -0.497 e. The number of methoxy groups -OCH3 is 2. The summed E-state index contributed by atoms with van der Waals surface area (Å²) < 4.78 is 17.8. The highest BCUT2D eigenvalue weighted by molar-refractivity contribution is 5.91. The predicted molar refractivity (Wildman–Crippen MR) is 135 cm³/mol. The first-order valence-electron chi connectivity index (χ1n) is 11.5. The molecule has 1 atom stereocenters. The zero-order chi connectivity index (χ0) is 25.4. The second-order valence-corrected chi connectivity index (χ2v) is 8.31. The number of para-hydroxylation sites is 1. The van der Waals surface area contributed by atoms with Gasteiger partial charge in [0, 0.05) is 34.3 Å². The molecule has 3 heterocycles. The van der Waals surface area contributed by atoms with Crippen LogP contribution in [0.2, 0.25) is 0 Å². The monoisotopic (exact) mass is 486 g/mol. The number of aromatic amines is 2. The van der Waals surface area contributed by atoms with Gasteiger partial charge in [0.1, 0.15) is 22.9 Å². The van der Waals surface area contributed by atoms with Crippen LogP contribution in [0.25, 0.3) is 17.0 Å². The van der Waals surface area contributed by atoms with Gasteiger partial charge in [-0.15, -0.1) is 0 Å². The lowest BCUT2D eigenvalue weighted by Crippen LogP contribution is -2.40. The molecule has 1 unspecified atom stereocenters. The van der Waals surface area contributed by atoms with Gasteiger partial charge in [-0.3, -0.25) is 9.36 Å². The number of rotatable bonds is 6. The summed E-state index contributed by atoms with van der Waals surface area (Å²) in [6, 6.07) is 12.3. The van der Waals surface area contributed by atoms with E-state index in [9.17, 15) is 9.59 Å². The largest absolute Gasteiger partial charge is 0.497 e. The summed E-state index contributed by atoms with van der Waals surface area (Å²) in [5.74, 6) is 0.518. The van der Waals surface area contributed by atoms with E-state index in [-0.39, 0.29) is 17.7 Å². The highest BCUT2D eigenvalue weighted by Crippen LogP contribution is 2.37. The van der Waals surface area contributed by atoms with E-state index in [4.69, 9.17) is 14.2 Å². The fourth-order valence-electron chi connectivity index (χ4n) is 4.60. The van der Waals surface area contributed by atoms with Crippen LogP contribution in [-0.2, 0) is 9.53 Å². The van der Waals surface area contributed by atoms with Crippen LogP contribution < -0.4 is 26.0 Å². The van der Waals surface area contributed by atoms with Crippen molar-refractivity contribution in [1.29, 1.82) is 0 Å². The Kier molecular flexibility index (Phi) is 5.97. The van der Waals surface area contributed by atoms with Gasteiger partial charge < -0.3 is 24.2 Å². The maximum absolute atomic E-state index is 13.8. The average Bonchev–Trinajstić information content (AvgIpc) is 3.43. The fourth-order valence-corrected chi connectivity index (χ4v) is 4.60. The second kappa shape index (κ2) is 9.26. The average molecular weight is 487 g/mol. The van der Waals surface area contributed by atoms with Crippen molar-refractivity contribution in [2.45, 2.75) is 19.9 Å². The van der Waals surface area contributed by atoms with Gasteiger partial charge in [0.25, 0.3) is 5.56 Å². The molecule has 2 aromatic carbocycles. The first kappa shape index (κ1) is 23.2. The highest BCUT2D eigenvalue weighted by Gasteiger charge is 2.35. The topological polar surface area (TPSA) is 111 Å². The molecule has 0 bridgehead atoms. The van der Waals surface area contributed by atoms with E-state index >= 15 is 0 Å². The van der Waals surface area contributed by atoms with Crippen molar-refractivity contribution in [1.82, 2.24) is 14.5 Å². The van der Waals surface area contributed by atoms with Gasteiger partial charge in [-0.1, -0.05) is 18.2 Å². The van der Waals surface area contributed by atoms with Crippen LogP contribution >= 0.6 is 0 Å². The number of hydrogen-bond acceptors (Lipinski definition) is 6. The Labute approximate surface area is 206 Å². The third-order valence-corrected chi connectivity index (χ3v) is 6.27. The number of allylic oxidation sites excluding steroid dienone is 1. The summed E-state index contributed by atoms with van der Waals surface area (Å²) >= 11 is 0. The second-order valence-electron chi connectivity index (χ2n) is 8.31. The van der Waals surface area contributed by atoms with E-state index in [1.165, 1.54) is 11.7 Å². The van der Waals surface area contributed by atoms with Crippen molar-refractivity contribution in [2.24, 2.45) is 4.99 Å². The van der Waals surface area contributed by atoms with Crippen LogP contribution in [0.3, 0.4) is 0 Å². The van der Waals surface area contributed by atoms with Crippen molar-refractivity contribution in [3.05, 3.63) is 92.4 Å². The molecule has 0 aliphatic carbocycles. The number of carbonyl (C=O) groups is 1. The molecule has 0 saturated heterocycles. The summed E-state index contributed by atoms with van der Waals surface area (Å²) in [5, 5.41) is 1.33. The Balaban J connectivity index is 1.77. The first-order valence-corrected chi connectivity index (χ1v) is 11.5. The van der Waals surface area contributed by atoms with E-state index < -0.39 is 12.0 Å². The lowest BCUT2D eigenvalue weighted by atomic mass is 9.95. The van der Waals surface area contributed by atoms with E-state index in [1.807, 2.05) is 30.5 Å². The summed E-state index contributed by atoms with van der Waals surface area (Å²) in [6.45, 7) is 3.66. The number of H-pyrrole nitrogens is 2. The van der Waals surface area contributed by atoms with Crippen LogP contribution in [0, 0.1) is 0 Å². The Morgan fingerprint density at radius 2 is 1.97 bits per heavy atom. The zero-order valence-corrected chi connectivity index (χ0v) is 20.4. The maximum atomic E-state index is 13.8. The van der Waals surface area contributed by atoms with Crippen molar-refractivity contribution in [3.8, 4) is 11.5 Å². The zero-order valence-electron chi connectivity index (χ0n) is 20.4. The van der Waals surface area contributed by atoms with Crippen LogP contribution in [0.15, 0.2) is 69.7 Å². The predicted octanol–water partition coefficient (Wildman–Crippen LogP) is 2.56. The van der Waals surface area contributed by atoms with E-state index in [0.29, 0.717) is 33.7 Å². The fraction of sp³-hybridized carbons (Fsp3) is 0.222. The minimum atomic E-state index is -0.814. The number of fused-ring (bicyclic) bond motifs is 2. The van der Waals surface area contributed by atoms with E-state index in [2.05, 4.69) is 15.0 Å². The standard InChI is InChI=1S/C27H26N4O5/c1-5-36-26(33)23-15(2)29-27-30-21(12-16-14-28-20-9-7-6-8-18(16)20)25(32)31(27)24(23)19-11-10-17(34-3)13-22(19)35-4/h6-14,24,28H,5H2,1-4H3,(H,29,30)/b21-12-. The summed E-state index contributed by atoms with van der Waals surface area (Å²) in [6.07, 6.45) is 3.63. The van der Waals surface area contributed by atoms with Crippen molar-refractivity contribution in [3.63, 3.8) is 0 Å². The number of hydrogen-bond donors (Lipinski definition) is 2. The molecule has 0 fully saturated rings. The molecule has 0 saturated carbocycles. The van der Waals surface area contributed by atoms with Crippen LogP contribution in [0.1, 0.15) is 31.0 Å². The van der Waals surface area contributed by atoms with Gasteiger partial charge in [-0.2, -0.15) is 0 Å². The number of carbonyl (C=O) groups excluding carboxylic acids is 1. The summed E-state index contributed by atoms with van der Waals surface area (Å²) in [7, 11) is 3.09. The van der Waals surface area contributed by atoms with Crippen molar-refractivity contribution in [2.75, 3.05) is 20.8 Å². The molecule has 184 valence electrons. The number of aromatic nitrogens is 3. The van der Waals surface area contributed by atoms with Crippen molar-refractivity contribution >= 4 is 22.9 Å². The molecule has 5 rings (SSSR count). The minimum absolute atomic E-state index is 0.191. The molecule has 4 aromatic rings. The van der Waals surface area contributed by atoms with Gasteiger partial charge in [-0.25, -0.2) is 9.79 Å². The quantitative estimate of drug-likeness (QED) is 0.407. The number of nitrogens with one attached hydrogen (secondary N) is 2. The third-order valence-electron chi connectivity index (χ3n) is 6.27. The normalized spacial score (nSPS) is 15.6. The van der Waals surface area contributed by atoms with E-state index in [0.717, 1.165) is 16.5 Å². The van der Waals surface area contributed by atoms with Crippen LogP contribution in [0.5, 0.6) is 11.5 Å². The van der Waals surface area contributed by atoms with Gasteiger partial charge in [-0.05, 0) is 38.1 Å². The van der Waals surface area contributed by atoms with Crippen LogP contribution in [-0.4, -0.2) is 41.3 Å². The van der Waals surface area contributed by atoms with E-state index in [1.54, 1.807) is 45.2 Å². The lowest BCUT2D eigenvalue weighted by molar-refractivity contribution is -0.139. The number of ether oxygens (including phenoxy) is 3. The third kappa shape index (κ3) is 3.78. The van der Waals surface area contributed by atoms with Gasteiger partial charge in [0.15, 0.2) is 0 Å². The number of nitrogens with zero attached hydrogens (tertiary/aromatic N) is 2. The highest BCUT2D eigenvalue weighted by atomic mass is 16.5. The Morgan fingerprint density at radius 1 is 1.17 bits per heavy atom. The molecular formula is C27H26N4O5. The molecule has 0 spiro atoms. The van der Waals surface area contributed by atoms with Gasteiger partial charge in [0.05, 0.1) is 32.1 Å². The SMILES string of the molecule is CCOC(=O)C1=C(C)N=c2[nH]/c(=C\c3c[nH]c4ccccc34)c(=O)n2C1c1ccc(OC)cc1OC. The molecular weight excluding hydrogens is 460 g/mol.